The van der Waals surface area contributed by atoms with Gasteiger partial charge in [0.15, 0.2) is 9.84 Å². The van der Waals surface area contributed by atoms with Crippen LogP contribution in [-0.2, 0) is 15.6 Å². The average Bonchev–Trinajstić information content (AvgIpc) is 2.19. The van der Waals surface area contributed by atoms with E-state index in [4.69, 9.17) is 0 Å². The van der Waals surface area contributed by atoms with Gasteiger partial charge in [0, 0.05) is 13.1 Å². The molecule has 0 atom stereocenters. The smallest absolute Gasteiger partial charge is 0.154 e. The van der Waals surface area contributed by atoms with Crippen LogP contribution >= 0.6 is 15.9 Å². The summed E-state index contributed by atoms with van der Waals surface area (Å²) < 4.78 is 37.3. The van der Waals surface area contributed by atoms with E-state index in [-0.39, 0.29) is 21.9 Å². The Labute approximate surface area is 108 Å². The van der Waals surface area contributed by atoms with Crippen LogP contribution in [0.4, 0.5) is 4.39 Å². The van der Waals surface area contributed by atoms with E-state index < -0.39 is 15.7 Å². The molecule has 0 amide bonds. The molecule has 6 heteroatoms. The topological polar surface area (TPSA) is 46.2 Å². The molecule has 1 heterocycles. The van der Waals surface area contributed by atoms with Crippen molar-refractivity contribution in [3.05, 3.63) is 34.1 Å². The Morgan fingerprint density at radius 2 is 2.12 bits per heavy atom. The van der Waals surface area contributed by atoms with Gasteiger partial charge in [-0.25, -0.2) is 12.8 Å². The predicted octanol–water partition coefficient (Wildman–Crippen LogP) is 1.72. The number of nitrogens with one attached hydrogen (secondary N) is 1. The van der Waals surface area contributed by atoms with E-state index in [1.54, 1.807) is 6.07 Å². The van der Waals surface area contributed by atoms with Gasteiger partial charge in [0.1, 0.15) is 5.82 Å². The van der Waals surface area contributed by atoms with Gasteiger partial charge in [-0.15, -0.1) is 0 Å². The summed E-state index contributed by atoms with van der Waals surface area (Å²) in [7, 11) is -3.17. The van der Waals surface area contributed by atoms with Crippen molar-refractivity contribution in [1.82, 2.24) is 5.32 Å². The zero-order valence-electron chi connectivity index (χ0n) is 9.12. The Morgan fingerprint density at radius 3 is 2.71 bits per heavy atom. The Kier molecular flexibility index (Phi) is 3.85. The summed E-state index contributed by atoms with van der Waals surface area (Å²) in [5.74, 6) is -0.166. The molecule has 0 radical (unpaired) electrons. The number of hydrogen-bond donors (Lipinski definition) is 1. The fourth-order valence-electron chi connectivity index (χ4n) is 1.78. The zero-order valence-corrected chi connectivity index (χ0v) is 11.5. The molecule has 1 aliphatic heterocycles. The van der Waals surface area contributed by atoms with Crippen molar-refractivity contribution in [2.75, 3.05) is 18.8 Å². The molecule has 0 spiro atoms. The minimum Gasteiger partial charge on any atom is -0.316 e. The van der Waals surface area contributed by atoms with E-state index in [9.17, 15) is 12.8 Å². The van der Waals surface area contributed by atoms with Crippen molar-refractivity contribution < 1.29 is 12.8 Å². The van der Waals surface area contributed by atoms with Gasteiger partial charge in [0.05, 0.1) is 16.0 Å². The first-order valence-corrected chi connectivity index (χ1v) is 7.93. The normalized spacial score (nSPS) is 16.8. The minimum absolute atomic E-state index is 0.109. The number of sulfone groups is 1. The highest BCUT2D eigenvalue weighted by molar-refractivity contribution is 9.10. The highest BCUT2D eigenvalue weighted by Crippen LogP contribution is 2.23. The lowest BCUT2D eigenvalue weighted by Crippen LogP contribution is -2.45. The van der Waals surface area contributed by atoms with Crippen LogP contribution in [0.15, 0.2) is 22.7 Å². The summed E-state index contributed by atoms with van der Waals surface area (Å²) in [5, 5.41) is 3.03. The third-order valence-electron chi connectivity index (χ3n) is 2.76. The van der Waals surface area contributed by atoms with Gasteiger partial charge in [-0.3, -0.25) is 0 Å². The minimum atomic E-state index is -3.17. The van der Waals surface area contributed by atoms with Crippen molar-refractivity contribution in [3.63, 3.8) is 0 Å². The molecule has 1 aromatic carbocycles. The van der Waals surface area contributed by atoms with Gasteiger partial charge in [-0.05, 0) is 33.5 Å². The highest BCUT2D eigenvalue weighted by Gasteiger charge is 2.25. The fraction of sp³-hybridized carbons (Fsp3) is 0.455. The summed E-state index contributed by atoms with van der Waals surface area (Å²) in [6, 6.07) is 4.45. The molecular weight excluding hydrogens is 309 g/mol. The van der Waals surface area contributed by atoms with E-state index in [0.717, 1.165) is 13.1 Å². The first kappa shape index (κ1) is 13.0. The van der Waals surface area contributed by atoms with Crippen LogP contribution < -0.4 is 5.32 Å². The molecule has 1 fully saturated rings. The first-order valence-electron chi connectivity index (χ1n) is 5.32. The van der Waals surface area contributed by atoms with Crippen molar-refractivity contribution in [2.45, 2.75) is 5.75 Å². The van der Waals surface area contributed by atoms with Crippen LogP contribution in [0.25, 0.3) is 0 Å². The van der Waals surface area contributed by atoms with Gasteiger partial charge >= 0.3 is 0 Å². The van der Waals surface area contributed by atoms with Crippen molar-refractivity contribution in [2.24, 2.45) is 5.92 Å². The molecule has 17 heavy (non-hydrogen) atoms. The predicted molar refractivity (Wildman–Crippen MR) is 68.0 cm³/mol. The second-order valence-electron chi connectivity index (χ2n) is 4.29. The zero-order chi connectivity index (χ0) is 12.5. The van der Waals surface area contributed by atoms with E-state index in [1.807, 2.05) is 0 Å². The van der Waals surface area contributed by atoms with Crippen LogP contribution in [0.5, 0.6) is 0 Å². The number of halogens is 2. The molecule has 1 saturated heterocycles. The van der Waals surface area contributed by atoms with Gasteiger partial charge < -0.3 is 5.32 Å². The largest absolute Gasteiger partial charge is 0.316 e. The van der Waals surface area contributed by atoms with Gasteiger partial charge in [0.2, 0.25) is 0 Å². The summed E-state index contributed by atoms with van der Waals surface area (Å²) in [6.45, 7) is 1.51. The summed E-state index contributed by atoms with van der Waals surface area (Å²) in [6.07, 6.45) is 0. The molecular formula is C11H13BrFNO2S. The highest BCUT2D eigenvalue weighted by atomic mass is 79.9. The molecule has 0 aromatic heterocycles. The molecule has 2 rings (SSSR count). The molecule has 0 bridgehead atoms. The third kappa shape index (κ3) is 3.26. The molecule has 1 N–H and O–H groups in total. The van der Waals surface area contributed by atoms with Gasteiger partial charge in [0.25, 0.3) is 0 Å². The second kappa shape index (κ2) is 5.04. The van der Waals surface area contributed by atoms with Crippen molar-refractivity contribution >= 4 is 25.8 Å². The summed E-state index contributed by atoms with van der Waals surface area (Å²) in [4.78, 5) is 0. The number of rotatable bonds is 4. The van der Waals surface area contributed by atoms with Crippen molar-refractivity contribution in [1.29, 1.82) is 0 Å². The standard InChI is InChI=1S/C11H13BrFNO2S/c12-11-9(2-1-3-10(11)13)7-17(15,16)6-8-4-14-5-8/h1-3,8,14H,4-7H2. The van der Waals surface area contributed by atoms with Crippen LogP contribution in [-0.4, -0.2) is 27.3 Å². The maximum Gasteiger partial charge on any atom is 0.154 e. The first-order chi connectivity index (χ1) is 7.98. The van der Waals surface area contributed by atoms with E-state index in [0.29, 0.717) is 5.56 Å². The van der Waals surface area contributed by atoms with E-state index >= 15 is 0 Å². The van der Waals surface area contributed by atoms with Crippen LogP contribution in [0, 0.1) is 11.7 Å². The molecule has 0 aliphatic carbocycles. The maximum absolute atomic E-state index is 13.2. The molecule has 0 saturated carbocycles. The lowest BCUT2D eigenvalue weighted by Gasteiger charge is -2.26. The quantitative estimate of drug-likeness (QED) is 0.918. The van der Waals surface area contributed by atoms with E-state index in [1.165, 1.54) is 12.1 Å². The Balaban J connectivity index is 2.11. The SMILES string of the molecule is O=S(=O)(Cc1cccc(F)c1Br)CC1CNC1. The monoisotopic (exact) mass is 321 g/mol. The van der Waals surface area contributed by atoms with Crippen LogP contribution in [0.2, 0.25) is 0 Å². The van der Waals surface area contributed by atoms with Crippen molar-refractivity contribution in [3.8, 4) is 0 Å². The molecule has 1 aliphatic rings. The average molecular weight is 322 g/mol. The van der Waals surface area contributed by atoms with Crippen LogP contribution in [0.3, 0.4) is 0 Å². The molecule has 0 unspecified atom stereocenters. The lowest BCUT2D eigenvalue weighted by molar-refractivity contribution is 0.378. The number of hydrogen-bond acceptors (Lipinski definition) is 3. The van der Waals surface area contributed by atoms with E-state index in [2.05, 4.69) is 21.2 Å². The second-order valence-corrected chi connectivity index (χ2v) is 7.19. The lowest BCUT2D eigenvalue weighted by atomic mass is 10.1. The molecule has 94 valence electrons. The molecule has 3 nitrogen and oxygen atoms in total. The Bertz CT molecular complexity index is 514. The number of benzene rings is 1. The third-order valence-corrected chi connectivity index (χ3v) is 5.38. The Morgan fingerprint density at radius 1 is 1.41 bits per heavy atom. The molecule has 1 aromatic rings. The maximum atomic E-state index is 13.2. The Hall–Kier alpha value is -0.460. The summed E-state index contributed by atoms with van der Waals surface area (Å²) in [5.41, 5.74) is 0.484. The summed E-state index contributed by atoms with van der Waals surface area (Å²) >= 11 is 3.08. The fourth-order valence-corrected chi connectivity index (χ4v) is 4.16. The van der Waals surface area contributed by atoms with Gasteiger partial charge in [-0.1, -0.05) is 12.1 Å². The van der Waals surface area contributed by atoms with Crippen LogP contribution in [0.1, 0.15) is 5.56 Å². The van der Waals surface area contributed by atoms with Gasteiger partial charge in [-0.2, -0.15) is 0 Å².